The molecule has 0 radical (unpaired) electrons. The average molecular weight is 230 g/mol. The molecule has 1 aliphatic heterocycles. The summed E-state index contributed by atoms with van der Waals surface area (Å²) in [6.07, 6.45) is 2.91. The van der Waals surface area contributed by atoms with Gasteiger partial charge in [0.25, 0.3) is 0 Å². The van der Waals surface area contributed by atoms with Gasteiger partial charge in [-0.05, 0) is 31.2 Å². The molecule has 3 unspecified atom stereocenters. The monoisotopic (exact) mass is 230 g/mol. The standard InChI is InChI=1S/C13H18N4/c1-9-6-10(2)11(3)17(8-9)13-15-5-4-12(7-14)16-13/h4-5,9-11H,6,8H2,1-3H3. The predicted molar refractivity (Wildman–Crippen MR) is 66.5 cm³/mol. The van der Waals surface area contributed by atoms with E-state index < -0.39 is 0 Å². The second-order valence-corrected chi connectivity index (χ2v) is 5.06. The minimum atomic E-state index is 0.431. The number of rotatable bonds is 1. The van der Waals surface area contributed by atoms with E-state index in [1.165, 1.54) is 6.42 Å². The molecule has 17 heavy (non-hydrogen) atoms. The first-order valence-electron chi connectivity index (χ1n) is 6.11. The molecule has 0 aromatic carbocycles. The smallest absolute Gasteiger partial charge is 0.226 e. The molecule has 0 N–H and O–H groups in total. The van der Waals surface area contributed by atoms with E-state index in [1.807, 2.05) is 0 Å². The van der Waals surface area contributed by atoms with Crippen LogP contribution in [0.25, 0.3) is 0 Å². The van der Waals surface area contributed by atoms with Gasteiger partial charge in [-0.1, -0.05) is 13.8 Å². The number of nitriles is 1. The van der Waals surface area contributed by atoms with Crippen molar-refractivity contribution in [1.82, 2.24) is 9.97 Å². The minimum Gasteiger partial charge on any atom is -0.338 e. The second kappa shape index (κ2) is 4.70. The molecule has 0 spiro atoms. The highest BCUT2D eigenvalue weighted by Gasteiger charge is 2.30. The maximum atomic E-state index is 8.87. The third kappa shape index (κ3) is 2.38. The van der Waals surface area contributed by atoms with Gasteiger partial charge < -0.3 is 4.90 Å². The Bertz CT molecular complexity index is 437. The molecule has 4 heteroatoms. The Morgan fingerprint density at radius 3 is 2.88 bits per heavy atom. The summed E-state index contributed by atoms with van der Waals surface area (Å²) >= 11 is 0. The molecule has 90 valence electrons. The van der Waals surface area contributed by atoms with Gasteiger partial charge in [0.1, 0.15) is 11.8 Å². The molecule has 0 amide bonds. The molecule has 4 nitrogen and oxygen atoms in total. The maximum absolute atomic E-state index is 8.87. The zero-order chi connectivity index (χ0) is 12.4. The number of hydrogen-bond acceptors (Lipinski definition) is 4. The van der Waals surface area contributed by atoms with Crippen LogP contribution >= 0.6 is 0 Å². The van der Waals surface area contributed by atoms with Gasteiger partial charge in [-0.2, -0.15) is 5.26 Å². The number of piperidine rings is 1. The van der Waals surface area contributed by atoms with Crippen molar-refractivity contribution < 1.29 is 0 Å². The quantitative estimate of drug-likeness (QED) is 0.742. The van der Waals surface area contributed by atoms with Crippen LogP contribution in [0, 0.1) is 23.2 Å². The highest BCUT2D eigenvalue weighted by atomic mass is 15.3. The summed E-state index contributed by atoms with van der Waals surface area (Å²) < 4.78 is 0. The van der Waals surface area contributed by atoms with Crippen LogP contribution in [-0.4, -0.2) is 22.6 Å². The van der Waals surface area contributed by atoms with Crippen molar-refractivity contribution in [2.75, 3.05) is 11.4 Å². The van der Waals surface area contributed by atoms with E-state index in [1.54, 1.807) is 12.3 Å². The predicted octanol–water partition coefficient (Wildman–Crippen LogP) is 2.22. The Hall–Kier alpha value is -1.63. The fourth-order valence-corrected chi connectivity index (χ4v) is 2.53. The van der Waals surface area contributed by atoms with Crippen molar-refractivity contribution in [2.24, 2.45) is 11.8 Å². The highest BCUT2D eigenvalue weighted by molar-refractivity contribution is 5.35. The lowest BCUT2D eigenvalue weighted by Crippen LogP contribution is -2.46. The third-order valence-corrected chi connectivity index (χ3v) is 3.61. The van der Waals surface area contributed by atoms with E-state index >= 15 is 0 Å². The van der Waals surface area contributed by atoms with E-state index in [2.05, 4.69) is 41.7 Å². The van der Waals surface area contributed by atoms with Crippen molar-refractivity contribution >= 4 is 5.95 Å². The fourth-order valence-electron chi connectivity index (χ4n) is 2.53. The van der Waals surface area contributed by atoms with Crippen LogP contribution in [0.3, 0.4) is 0 Å². The molecule has 2 heterocycles. The van der Waals surface area contributed by atoms with E-state index in [-0.39, 0.29) is 0 Å². The first-order valence-corrected chi connectivity index (χ1v) is 6.11. The summed E-state index contributed by atoms with van der Waals surface area (Å²) in [6, 6.07) is 4.14. The van der Waals surface area contributed by atoms with Crippen LogP contribution in [0.1, 0.15) is 32.9 Å². The topological polar surface area (TPSA) is 52.8 Å². The molecule has 1 saturated heterocycles. The summed E-state index contributed by atoms with van der Waals surface area (Å²) in [5, 5.41) is 8.87. The van der Waals surface area contributed by atoms with Crippen molar-refractivity contribution in [3.8, 4) is 6.07 Å². The van der Waals surface area contributed by atoms with Crippen LogP contribution in [0.5, 0.6) is 0 Å². The third-order valence-electron chi connectivity index (χ3n) is 3.61. The molecular weight excluding hydrogens is 212 g/mol. The lowest BCUT2D eigenvalue weighted by atomic mass is 9.86. The highest BCUT2D eigenvalue weighted by Crippen LogP contribution is 2.29. The van der Waals surface area contributed by atoms with Gasteiger partial charge in [0.2, 0.25) is 5.95 Å². The molecule has 1 aromatic heterocycles. The molecule has 1 aromatic rings. The number of anilines is 1. The number of aromatic nitrogens is 2. The normalized spacial score (nSPS) is 28.8. The minimum absolute atomic E-state index is 0.431. The van der Waals surface area contributed by atoms with E-state index in [0.29, 0.717) is 29.5 Å². The largest absolute Gasteiger partial charge is 0.338 e. The van der Waals surface area contributed by atoms with Crippen LogP contribution in [0.2, 0.25) is 0 Å². The first-order chi connectivity index (χ1) is 8.11. The average Bonchev–Trinajstić information content (AvgIpc) is 2.34. The first kappa shape index (κ1) is 11.8. The summed E-state index contributed by atoms with van der Waals surface area (Å²) in [6.45, 7) is 7.70. The zero-order valence-electron chi connectivity index (χ0n) is 10.6. The lowest BCUT2D eigenvalue weighted by molar-refractivity contribution is 0.294. The van der Waals surface area contributed by atoms with Crippen molar-refractivity contribution in [2.45, 2.75) is 33.2 Å². The van der Waals surface area contributed by atoms with Gasteiger partial charge >= 0.3 is 0 Å². The Morgan fingerprint density at radius 1 is 1.41 bits per heavy atom. The molecular formula is C13H18N4. The van der Waals surface area contributed by atoms with Crippen LogP contribution < -0.4 is 4.90 Å². The molecule has 1 aliphatic rings. The van der Waals surface area contributed by atoms with Gasteiger partial charge in [-0.3, -0.25) is 0 Å². The summed E-state index contributed by atoms with van der Waals surface area (Å²) in [4.78, 5) is 10.8. The van der Waals surface area contributed by atoms with Crippen molar-refractivity contribution in [1.29, 1.82) is 5.26 Å². The molecule has 2 rings (SSSR count). The summed E-state index contributed by atoms with van der Waals surface area (Å²) in [7, 11) is 0. The van der Waals surface area contributed by atoms with E-state index in [4.69, 9.17) is 5.26 Å². The van der Waals surface area contributed by atoms with Crippen molar-refractivity contribution in [3.63, 3.8) is 0 Å². The Kier molecular flexibility index (Phi) is 3.28. The fraction of sp³-hybridized carbons (Fsp3) is 0.615. The van der Waals surface area contributed by atoms with Gasteiger partial charge in [0, 0.05) is 18.8 Å². The van der Waals surface area contributed by atoms with Crippen LogP contribution in [-0.2, 0) is 0 Å². The number of hydrogen-bond donors (Lipinski definition) is 0. The molecule has 3 atom stereocenters. The molecule has 0 saturated carbocycles. The van der Waals surface area contributed by atoms with Gasteiger partial charge in [-0.15, -0.1) is 0 Å². The molecule has 0 aliphatic carbocycles. The Balaban J connectivity index is 2.28. The van der Waals surface area contributed by atoms with Crippen LogP contribution in [0.15, 0.2) is 12.3 Å². The second-order valence-electron chi connectivity index (χ2n) is 5.06. The van der Waals surface area contributed by atoms with Crippen LogP contribution in [0.4, 0.5) is 5.95 Å². The summed E-state index contributed by atoms with van der Waals surface area (Å²) in [5.74, 6) is 1.97. The van der Waals surface area contributed by atoms with E-state index in [0.717, 1.165) is 6.54 Å². The molecule has 1 fully saturated rings. The molecule has 0 bridgehead atoms. The Morgan fingerprint density at radius 2 is 2.18 bits per heavy atom. The van der Waals surface area contributed by atoms with E-state index in [9.17, 15) is 0 Å². The van der Waals surface area contributed by atoms with Gasteiger partial charge in [0.05, 0.1) is 0 Å². The lowest BCUT2D eigenvalue weighted by Gasteiger charge is -2.41. The Labute approximate surface area is 102 Å². The number of nitrogens with zero attached hydrogens (tertiary/aromatic N) is 4. The van der Waals surface area contributed by atoms with Gasteiger partial charge in [0.15, 0.2) is 0 Å². The maximum Gasteiger partial charge on any atom is 0.226 e. The SMILES string of the molecule is CC1CC(C)C(C)N(c2nccc(C#N)n2)C1. The van der Waals surface area contributed by atoms with Gasteiger partial charge in [-0.25, -0.2) is 9.97 Å². The van der Waals surface area contributed by atoms with Crippen molar-refractivity contribution in [3.05, 3.63) is 18.0 Å². The zero-order valence-corrected chi connectivity index (χ0v) is 10.6. The summed E-state index contributed by atoms with van der Waals surface area (Å²) in [5.41, 5.74) is 0.438.